The van der Waals surface area contributed by atoms with Crippen LogP contribution in [0, 0.1) is 0 Å². The Hall–Kier alpha value is -1.88. The largest absolute Gasteiger partial charge is 0.385 e. The number of rotatable bonds is 1. The number of fused-ring (bicyclic) bond motifs is 1. The van der Waals surface area contributed by atoms with Crippen molar-refractivity contribution in [2.45, 2.75) is 0 Å². The summed E-state index contributed by atoms with van der Waals surface area (Å²) in [5.41, 5.74) is 7.87. The first kappa shape index (κ1) is 10.3. The van der Waals surface area contributed by atoms with Gasteiger partial charge in [-0.05, 0) is 40.2 Å². The first-order valence-electron chi connectivity index (χ1n) is 5.10. The fraction of sp³-hybridized carbons (Fsp3) is 0. The zero-order chi connectivity index (χ0) is 11.8. The molecule has 0 saturated carbocycles. The van der Waals surface area contributed by atoms with Crippen molar-refractivity contribution < 1.29 is 0 Å². The maximum atomic E-state index is 5.99. The standard InChI is InChI=1S/C12H9BrN4/c13-11-9-4-1-5-10(14)17(9)12(16-11)8-3-2-6-15-7-8/h1-7H,14H2. The number of hydrogen-bond acceptors (Lipinski definition) is 3. The zero-order valence-electron chi connectivity index (χ0n) is 8.84. The fourth-order valence-corrected chi connectivity index (χ4v) is 2.29. The van der Waals surface area contributed by atoms with E-state index >= 15 is 0 Å². The van der Waals surface area contributed by atoms with Crippen molar-refractivity contribution in [3.05, 3.63) is 47.3 Å². The number of anilines is 1. The molecular formula is C12H9BrN4. The van der Waals surface area contributed by atoms with Crippen LogP contribution in [0.2, 0.25) is 0 Å². The van der Waals surface area contributed by atoms with Crippen molar-refractivity contribution in [1.29, 1.82) is 0 Å². The predicted octanol–water partition coefficient (Wildman–Crippen LogP) is 2.74. The van der Waals surface area contributed by atoms with Crippen molar-refractivity contribution in [2.24, 2.45) is 0 Å². The predicted molar refractivity (Wildman–Crippen MR) is 70.5 cm³/mol. The molecule has 84 valence electrons. The van der Waals surface area contributed by atoms with Crippen LogP contribution in [0.15, 0.2) is 47.3 Å². The third kappa shape index (κ3) is 1.59. The minimum absolute atomic E-state index is 0.652. The maximum Gasteiger partial charge on any atom is 0.149 e. The summed E-state index contributed by atoms with van der Waals surface area (Å²) < 4.78 is 2.69. The molecule has 0 amide bonds. The average Bonchev–Trinajstić information content (AvgIpc) is 2.70. The Bertz CT molecular complexity index is 676. The van der Waals surface area contributed by atoms with Crippen LogP contribution in [0.5, 0.6) is 0 Å². The van der Waals surface area contributed by atoms with Crippen molar-refractivity contribution in [3.8, 4) is 11.4 Å². The van der Waals surface area contributed by atoms with Gasteiger partial charge in [-0.2, -0.15) is 0 Å². The molecular weight excluding hydrogens is 280 g/mol. The fourth-order valence-electron chi connectivity index (χ4n) is 1.81. The number of hydrogen-bond donors (Lipinski definition) is 1. The molecule has 0 atom stereocenters. The van der Waals surface area contributed by atoms with E-state index in [4.69, 9.17) is 5.73 Å². The van der Waals surface area contributed by atoms with E-state index in [1.54, 1.807) is 12.4 Å². The quantitative estimate of drug-likeness (QED) is 0.749. The highest BCUT2D eigenvalue weighted by atomic mass is 79.9. The zero-order valence-corrected chi connectivity index (χ0v) is 10.4. The molecule has 0 spiro atoms. The Balaban J connectivity index is 2.38. The Morgan fingerprint density at radius 3 is 2.82 bits per heavy atom. The second-order valence-corrected chi connectivity index (χ2v) is 4.39. The normalized spacial score (nSPS) is 10.9. The van der Waals surface area contributed by atoms with Crippen molar-refractivity contribution in [3.63, 3.8) is 0 Å². The molecule has 3 aromatic rings. The highest BCUT2D eigenvalue weighted by molar-refractivity contribution is 9.10. The molecule has 2 N–H and O–H groups in total. The van der Waals surface area contributed by atoms with Crippen LogP contribution in [-0.4, -0.2) is 14.4 Å². The molecule has 0 saturated heterocycles. The highest BCUT2D eigenvalue weighted by Gasteiger charge is 2.12. The molecule has 0 aliphatic carbocycles. The molecule has 17 heavy (non-hydrogen) atoms. The molecule has 3 aromatic heterocycles. The van der Waals surface area contributed by atoms with Crippen LogP contribution in [0.4, 0.5) is 5.82 Å². The smallest absolute Gasteiger partial charge is 0.149 e. The lowest BCUT2D eigenvalue weighted by molar-refractivity contribution is 1.16. The van der Waals surface area contributed by atoms with E-state index < -0.39 is 0 Å². The number of aromatic nitrogens is 3. The summed E-state index contributed by atoms with van der Waals surface area (Å²) in [6.07, 6.45) is 3.51. The highest BCUT2D eigenvalue weighted by Crippen LogP contribution is 2.27. The first-order valence-corrected chi connectivity index (χ1v) is 5.89. The van der Waals surface area contributed by atoms with Gasteiger partial charge in [0.15, 0.2) is 0 Å². The number of nitrogen functional groups attached to an aromatic ring is 1. The molecule has 5 heteroatoms. The van der Waals surface area contributed by atoms with Gasteiger partial charge in [-0.15, -0.1) is 0 Å². The Morgan fingerprint density at radius 1 is 1.18 bits per heavy atom. The van der Waals surface area contributed by atoms with Gasteiger partial charge >= 0.3 is 0 Å². The lowest BCUT2D eigenvalue weighted by Gasteiger charge is -2.03. The van der Waals surface area contributed by atoms with Crippen LogP contribution in [0.1, 0.15) is 0 Å². The lowest BCUT2D eigenvalue weighted by Crippen LogP contribution is -1.98. The molecule has 4 nitrogen and oxygen atoms in total. The average molecular weight is 289 g/mol. The molecule has 0 radical (unpaired) electrons. The number of nitrogens with zero attached hydrogens (tertiary/aromatic N) is 3. The molecule has 0 aliphatic rings. The van der Waals surface area contributed by atoms with E-state index in [9.17, 15) is 0 Å². The van der Waals surface area contributed by atoms with E-state index in [-0.39, 0.29) is 0 Å². The van der Waals surface area contributed by atoms with Crippen LogP contribution < -0.4 is 5.73 Å². The van der Waals surface area contributed by atoms with Gasteiger partial charge in [-0.1, -0.05) is 6.07 Å². The first-order chi connectivity index (χ1) is 8.27. The number of halogens is 1. The van der Waals surface area contributed by atoms with Crippen LogP contribution >= 0.6 is 15.9 Å². The summed E-state index contributed by atoms with van der Waals surface area (Å²) in [7, 11) is 0. The molecule has 0 unspecified atom stereocenters. The van der Waals surface area contributed by atoms with Crippen LogP contribution in [0.25, 0.3) is 16.9 Å². The van der Waals surface area contributed by atoms with E-state index in [1.165, 1.54) is 0 Å². The molecule has 0 fully saturated rings. The SMILES string of the molecule is Nc1cccc2c(Br)nc(-c3cccnc3)n12. The summed E-state index contributed by atoms with van der Waals surface area (Å²) in [6, 6.07) is 9.56. The van der Waals surface area contributed by atoms with Gasteiger partial charge in [0.2, 0.25) is 0 Å². The van der Waals surface area contributed by atoms with Gasteiger partial charge in [0.1, 0.15) is 16.2 Å². The monoisotopic (exact) mass is 288 g/mol. The molecule has 0 aliphatic heterocycles. The maximum absolute atomic E-state index is 5.99. The molecule has 3 rings (SSSR count). The third-order valence-electron chi connectivity index (χ3n) is 2.57. The molecule has 0 aromatic carbocycles. The number of pyridine rings is 2. The second-order valence-electron chi connectivity index (χ2n) is 3.64. The van der Waals surface area contributed by atoms with Crippen LogP contribution in [0.3, 0.4) is 0 Å². The Morgan fingerprint density at radius 2 is 2.06 bits per heavy atom. The van der Waals surface area contributed by atoms with Crippen molar-refractivity contribution >= 4 is 27.3 Å². The van der Waals surface area contributed by atoms with Gasteiger partial charge in [0.05, 0.1) is 5.52 Å². The van der Waals surface area contributed by atoms with Gasteiger partial charge < -0.3 is 5.73 Å². The summed E-state index contributed by atoms with van der Waals surface area (Å²) in [5, 5.41) is 0. The van der Waals surface area contributed by atoms with Crippen molar-refractivity contribution in [2.75, 3.05) is 5.73 Å². The third-order valence-corrected chi connectivity index (χ3v) is 3.15. The Labute approximate surface area is 106 Å². The number of nitrogens with two attached hydrogens (primary N) is 1. The summed E-state index contributed by atoms with van der Waals surface area (Å²) >= 11 is 3.44. The summed E-state index contributed by atoms with van der Waals surface area (Å²) in [4.78, 5) is 8.58. The minimum Gasteiger partial charge on any atom is -0.385 e. The molecule has 0 bridgehead atoms. The topological polar surface area (TPSA) is 56.2 Å². The summed E-state index contributed by atoms with van der Waals surface area (Å²) in [5.74, 6) is 1.44. The van der Waals surface area contributed by atoms with Crippen LogP contribution in [-0.2, 0) is 0 Å². The van der Waals surface area contributed by atoms with E-state index in [0.29, 0.717) is 5.82 Å². The van der Waals surface area contributed by atoms with E-state index in [0.717, 1.165) is 21.5 Å². The van der Waals surface area contributed by atoms with Gasteiger partial charge in [0.25, 0.3) is 0 Å². The van der Waals surface area contributed by atoms with E-state index in [2.05, 4.69) is 25.9 Å². The van der Waals surface area contributed by atoms with Gasteiger partial charge in [-0.3, -0.25) is 9.38 Å². The summed E-state index contributed by atoms with van der Waals surface area (Å²) in [6.45, 7) is 0. The lowest BCUT2D eigenvalue weighted by atomic mass is 10.2. The van der Waals surface area contributed by atoms with Gasteiger partial charge in [0, 0.05) is 18.0 Å². The second kappa shape index (κ2) is 3.85. The van der Waals surface area contributed by atoms with E-state index in [1.807, 2.05) is 34.7 Å². The molecule has 3 heterocycles. The Kier molecular flexibility index (Phi) is 2.33. The van der Waals surface area contributed by atoms with Gasteiger partial charge in [-0.25, -0.2) is 4.98 Å². The van der Waals surface area contributed by atoms with Crippen molar-refractivity contribution in [1.82, 2.24) is 14.4 Å². The number of imidazole rings is 1. The minimum atomic E-state index is 0.652.